The van der Waals surface area contributed by atoms with E-state index in [1.54, 1.807) is 103 Å². The molecule has 2 aliphatic rings. The van der Waals surface area contributed by atoms with Crippen molar-refractivity contribution in [3.8, 4) is 0 Å². The van der Waals surface area contributed by atoms with Crippen molar-refractivity contribution >= 4 is 29.8 Å². The van der Waals surface area contributed by atoms with Gasteiger partial charge in [0.2, 0.25) is 0 Å². The highest BCUT2D eigenvalue weighted by Crippen LogP contribution is 2.37. The third-order valence-corrected chi connectivity index (χ3v) is 12.6. The first-order chi connectivity index (χ1) is 38.6. The van der Waals surface area contributed by atoms with Crippen LogP contribution in [0.2, 0.25) is 0 Å². The minimum atomic E-state index is -2.66. The molecule has 0 bridgehead atoms. The lowest BCUT2D eigenvalue weighted by atomic mass is 9.95. The molecule has 16 heteroatoms. The van der Waals surface area contributed by atoms with Gasteiger partial charge in [-0.05, 0) is 71.8 Å². The van der Waals surface area contributed by atoms with Gasteiger partial charge >= 0.3 is 29.8 Å². The molecule has 0 aliphatic carbocycles. The fraction of sp³-hybridized carbons (Fsp3) is 0.242. The highest BCUT2D eigenvalue weighted by atomic mass is 16.8. The number of esters is 5. The summed E-state index contributed by atoms with van der Waals surface area (Å²) in [4.78, 5) is 70.8. The molecule has 0 spiro atoms. The van der Waals surface area contributed by atoms with E-state index < -0.39 is 104 Å². The monoisotopic (exact) mass is 1060 g/mol. The first-order valence-electron chi connectivity index (χ1n) is 25.6. The summed E-state index contributed by atoms with van der Waals surface area (Å²) in [7, 11) is 1.37. The minimum Gasteiger partial charge on any atom is -0.459 e. The summed E-state index contributed by atoms with van der Waals surface area (Å²) in [5.74, 6) is -4.43. The molecule has 0 radical (unpaired) electrons. The van der Waals surface area contributed by atoms with Crippen molar-refractivity contribution in [1.29, 1.82) is 0 Å². The highest BCUT2D eigenvalue weighted by Gasteiger charge is 2.57. The Bertz CT molecular complexity index is 3070. The van der Waals surface area contributed by atoms with Crippen LogP contribution in [0.3, 0.4) is 0 Å². The fourth-order valence-electron chi connectivity index (χ4n) is 8.68. The summed E-state index contributed by atoms with van der Waals surface area (Å²) >= 11 is 0. The summed E-state index contributed by atoms with van der Waals surface area (Å²) in [5, 5.41) is 0. The molecule has 7 aromatic carbocycles. The van der Waals surface area contributed by atoms with E-state index in [4.69, 9.17) is 52.1 Å². The Morgan fingerprint density at radius 2 is 0.718 bits per heavy atom. The van der Waals surface area contributed by atoms with Gasteiger partial charge in [-0.2, -0.15) is 0 Å². The molecule has 0 amide bonds. The lowest BCUT2D eigenvalue weighted by molar-refractivity contribution is -0.364. The number of methoxy groups -OCH3 is 1. The zero-order valence-corrected chi connectivity index (χ0v) is 42.3. The van der Waals surface area contributed by atoms with E-state index in [1.165, 1.54) is 55.6 Å². The summed E-state index contributed by atoms with van der Waals surface area (Å²) in [6.07, 6.45) is -17.7. The second-order valence-corrected chi connectivity index (χ2v) is 17.9. The van der Waals surface area contributed by atoms with Crippen LogP contribution in [-0.4, -0.2) is 112 Å². The van der Waals surface area contributed by atoms with Crippen LogP contribution < -0.4 is 0 Å². The summed E-state index contributed by atoms with van der Waals surface area (Å²) in [6, 6.07) is 58.1. The normalized spacial score (nSPS) is 23.9. The van der Waals surface area contributed by atoms with Crippen molar-refractivity contribution in [2.45, 2.75) is 74.6 Å². The SMILES string of the molecule is [2H][C@]1(O[C@@H]2O[C@H](COC(=O)c3ccccc3)[C@@H](OC(=O)c3ccccc3)[C@H](OC(=O)c3ccccc3)[C@H]2OC(=O)c2ccccc2)[C@H](OCc2ccccc2)[C@@H](OCc2ccccc2)[C@@H](OC)O[C@@H]1COC(=O)c1ccccc1. The summed E-state index contributed by atoms with van der Waals surface area (Å²) < 4.78 is 81.1. The van der Waals surface area contributed by atoms with E-state index in [-0.39, 0.29) is 41.0 Å². The van der Waals surface area contributed by atoms with E-state index in [1.807, 2.05) is 60.7 Å². The van der Waals surface area contributed by atoms with Gasteiger partial charge in [0.05, 0.1) is 42.4 Å². The van der Waals surface area contributed by atoms with E-state index in [0.717, 1.165) is 5.56 Å². The summed E-state index contributed by atoms with van der Waals surface area (Å²) in [5.41, 5.74) is 1.95. The summed E-state index contributed by atoms with van der Waals surface area (Å²) in [6.45, 7) is -1.54. The van der Waals surface area contributed by atoms with Gasteiger partial charge in [-0.25, -0.2) is 24.0 Å². The van der Waals surface area contributed by atoms with Crippen LogP contribution >= 0.6 is 0 Å². The number of carbonyl (C=O) groups is 5. The van der Waals surface area contributed by atoms with E-state index >= 15 is 0 Å². The van der Waals surface area contributed by atoms with Gasteiger partial charge in [0.25, 0.3) is 0 Å². The lowest BCUT2D eigenvalue weighted by Gasteiger charge is -2.49. The molecule has 16 nitrogen and oxygen atoms in total. The van der Waals surface area contributed by atoms with Gasteiger partial charge in [-0.15, -0.1) is 0 Å². The lowest BCUT2D eigenvalue weighted by Crippen LogP contribution is -2.67. The molecule has 0 aromatic heterocycles. The minimum absolute atomic E-state index is 0.0399. The van der Waals surface area contributed by atoms with E-state index in [9.17, 15) is 25.3 Å². The van der Waals surface area contributed by atoms with Crippen LogP contribution in [-0.2, 0) is 65.3 Å². The van der Waals surface area contributed by atoms with Crippen LogP contribution in [0.25, 0.3) is 0 Å². The Balaban J connectivity index is 1.19. The van der Waals surface area contributed by atoms with Crippen molar-refractivity contribution < 1.29 is 77.4 Å². The smallest absolute Gasteiger partial charge is 0.338 e. The molecule has 78 heavy (non-hydrogen) atoms. The molecule has 2 heterocycles. The van der Waals surface area contributed by atoms with Gasteiger partial charge in [0.15, 0.2) is 30.9 Å². The number of hydrogen-bond donors (Lipinski definition) is 0. The highest BCUT2D eigenvalue weighted by molar-refractivity contribution is 5.92. The van der Waals surface area contributed by atoms with Crippen molar-refractivity contribution in [3.63, 3.8) is 0 Å². The first-order valence-corrected chi connectivity index (χ1v) is 25.1. The second-order valence-electron chi connectivity index (χ2n) is 17.9. The van der Waals surface area contributed by atoms with E-state index in [0.29, 0.717) is 5.56 Å². The molecule has 2 fully saturated rings. The number of carbonyl (C=O) groups excluding carboxylic acids is 5. The zero-order valence-electron chi connectivity index (χ0n) is 43.3. The predicted octanol–water partition coefficient (Wildman–Crippen LogP) is 9.03. The topological polar surface area (TPSA) is 187 Å². The molecule has 2 aliphatic heterocycles. The van der Waals surface area contributed by atoms with Crippen molar-refractivity contribution in [2.24, 2.45) is 0 Å². The molecule has 0 saturated carbocycles. The molecular formula is C62H56O16. The Labute approximate surface area is 452 Å². The molecule has 2 saturated heterocycles. The number of ether oxygens (including phenoxy) is 11. The Morgan fingerprint density at radius 1 is 0.385 bits per heavy atom. The predicted molar refractivity (Wildman–Crippen MR) is 280 cm³/mol. The molecule has 9 rings (SSSR count). The Kier molecular flexibility index (Phi) is 18.4. The maximum absolute atomic E-state index is 14.5. The zero-order chi connectivity index (χ0) is 55.0. The number of benzene rings is 7. The molecule has 7 aromatic rings. The third kappa shape index (κ3) is 14.2. The van der Waals surface area contributed by atoms with Crippen LogP contribution in [0.1, 0.15) is 64.3 Å². The van der Waals surface area contributed by atoms with Crippen molar-refractivity contribution in [1.82, 2.24) is 0 Å². The van der Waals surface area contributed by atoms with Crippen LogP contribution in [0.4, 0.5) is 0 Å². The molecule has 10 atom stereocenters. The number of hydrogen-bond acceptors (Lipinski definition) is 16. The van der Waals surface area contributed by atoms with Crippen LogP contribution in [0.5, 0.6) is 0 Å². The third-order valence-electron chi connectivity index (χ3n) is 12.6. The maximum atomic E-state index is 14.5. The standard InChI is InChI=1S/C62H56O16/c1-68-61-54(70-38-42-25-11-3-12-26-42)52(69-37-41-23-9-2-10-24-41)50(48(73-61)39-71-56(63)43-27-13-4-14-28-43)78-62-55(77-60(67)47-35-21-8-22-36-47)53(76-59(66)46-33-19-7-20-34-46)51(75-58(65)45-31-17-6-18-32-45)49(74-62)40-72-57(64)44-29-15-5-16-30-44/h2-36,48-55,61-62H,37-40H2,1H3/t48-,49-,50-,51-,52+,53+,54-,55-,61+,62+/m1/s1/i50D. The van der Waals surface area contributed by atoms with Gasteiger partial charge in [-0.1, -0.05) is 152 Å². The van der Waals surface area contributed by atoms with Gasteiger partial charge in [0.1, 0.15) is 43.7 Å². The van der Waals surface area contributed by atoms with Crippen molar-refractivity contribution in [3.05, 3.63) is 251 Å². The fourth-order valence-corrected chi connectivity index (χ4v) is 8.68. The van der Waals surface area contributed by atoms with Crippen LogP contribution in [0, 0.1) is 0 Å². The van der Waals surface area contributed by atoms with Gasteiger partial charge in [-0.3, -0.25) is 0 Å². The molecule has 0 unspecified atom stereocenters. The average Bonchev–Trinajstić information content (AvgIpc) is 3.65. The molecule has 400 valence electrons. The van der Waals surface area contributed by atoms with Crippen LogP contribution in [0.15, 0.2) is 212 Å². The Morgan fingerprint density at radius 3 is 1.13 bits per heavy atom. The average molecular weight is 1060 g/mol. The Hall–Kier alpha value is -8.35. The second kappa shape index (κ2) is 27.1. The quantitative estimate of drug-likeness (QED) is 0.0490. The van der Waals surface area contributed by atoms with Gasteiger partial charge < -0.3 is 52.1 Å². The molecular weight excluding hydrogens is 1000 g/mol. The van der Waals surface area contributed by atoms with E-state index in [2.05, 4.69) is 0 Å². The molecule has 0 N–H and O–H groups in total. The van der Waals surface area contributed by atoms with Gasteiger partial charge in [0, 0.05) is 7.11 Å². The number of rotatable bonds is 21. The maximum Gasteiger partial charge on any atom is 0.338 e. The van der Waals surface area contributed by atoms with Crippen molar-refractivity contribution in [2.75, 3.05) is 20.3 Å². The first kappa shape index (κ1) is 53.1. The largest absolute Gasteiger partial charge is 0.459 e.